The van der Waals surface area contributed by atoms with Crippen molar-refractivity contribution >= 4 is 11.6 Å². The molecular weight excluding hydrogens is 186 g/mol. The number of nitrogens with zero attached hydrogens (tertiary/aromatic N) is 1. The second-order valence-electron chi connectivity index (χ2n) is 4.19. The van der Waals surface area contributed by atoms with Crippen molar-refractivity contribution in [1.82, 2.24) is 4.90 Å². The first-order valence-corrected chi connectivity index (χ1v) is 5.79. The normalized spacial score (nSPS) is 34.8. The number of hydrogen-bond acceptors (Lipinski definition) is 2. The van der Waals surface area contributed by atoms with Crippen molar-refractivity contribution < 1.29 is 4.74 Å². The van der Waals surface area contributed by atoms with E-state index >= 15 is 0 Å². The van der Waals surface area contributed by atoms with Gasteiger partial charge in [0, 0.05) is 25.6 Å². The van der Waals surface area contributed by atoms with E-state index in [0.29, 0.717) is 0 Å². The highest BCUT2D eigenvalue weighted by atomic mass is 35.5. The van der Waals surface area contributed by atoms with E-state index in [1.807, 2.05) is 0 Å². The highest BCUT2D eigenvalue weighted by molar-refractivity contribution is 6.17. The van der Waals surface area contributed by atoms with Crippen LogP contribution in [0, 0.1) is 11.8 Å². The monoisotopic (exact) mass is 203 g/mol. The summed E-state index contributed by atoms with van der Waals surface area (Å²) in [5.74, 6) is 2.51. The van der Waals surface area contributed by atoms with Gasteiger partial charge in [-0.25, -0.2) is 0 Å². The molecule has 0 unspecified atom stereocenters. The van der Waals surface area contributed by atoms with Gasteiger partial charge in [-0.05, 0) is 31.2 Å². The number of alkyl halides is 1. The molecule has 2 nitrogen and oxygen atoms in total. The third kappa shape index (κ3) is 2.36. The Balaban J connectivity index is 1.77. The smallest absolute Gasteiger partial charge is 0.0509 e. The van der Waals surface area contributed by atoms with Crippen LogP contribution in [0.1, 0.15) is 12.8 Å². The zero-order valence-electron chi connectivity index (χ0n) is 8.04. The Morgan fingerprint density at radius 3 is 2.92 bits per heavy atom. The number of rotatable bonds is 3. The van der Waals surface area contributed by atoms with Gasteiger partial charge < -0.3 is 9.64 Å². The first-order chi connectivity index (χ1) is 6.40. The number of likely N-dealkylation sites (tertiary alicyclic amines) is 1. The number of hydrogen-bond donors (Lipinski definition) is 0. The van der Waals surface area contributed by atoms with Crippen LogP contribution >= 0.6 is 11.6 Å². The molecule has 0 aliphatic carbocycles. The lowest BCUT2D eigenvalue weighted by Gasteiger charge is -2.23. The molecule has 0 saturated carbocycles. The molecule has 0 spiro atoms. The molecule has 2 aliphatic heterocycles. The Morgan fingerprint density at radius 2 is 2.15 bits per heavy atom. The fourth-order valence-electron chi connectivity index (χ4n) is 2.49. The largest absolute Gasteiger partial charge is 0.381 e. The van der Waals surface area contributed by atoms with Crippen molar-refractivity contribution in [2.24, 2.45) is 11.8 Å². The maximum absolute atomic E-state index is 5.68. The Morgan fingerprint density at radius 1 is 1.31 bits per heavy atom. The Kier molecular flexibility index (Phi) is 3.47. The van der Waals surface area contributed by atoms with Crippen molar-refractivity contribution in [1.29, 1.82) is 0 Å². The molecule has 2 saturated heterocycles. The number of ether oxygens (including phenoxy) is 1. The van der Waals surface area contributed by atoms with Crippen LogP contribution in [-0.4, -0.2) is 43.6 Å². The van der Waals surface area contributed by atoms with Crippen LogP contribution in [0.5, 0.6) is 0 Å². The zero-order chi connectivity index (χ0) is 9.10. The summed E-state index contributed by atoms with van der Waals surface area (Å²) in [6.07, 6.45) is 2.39. The summed E-state index contributed by atoms with van der Waals surface area (Å²) >= 11 is 5.68. The predicted octanol–water partition coefficient (Wildman–Crippen LogP) is 1.58. The molecule has 0 aromatic rings. The molecule has 3 heteroatoms. The van der Waals surface area contributed by atoms with Gasteiger partial charge in [-0.1, -0.05) is 0 Å². The number of fused-ring (bicyclic) bond motifs is 1. The lowest BCUT2D eigenvalue weighted by molar-refractivity contribution is 0.0370. The van der Waals surface area contributed by atoms with E-state index < -0.39 is 0 Å². The molecule has 0 radical (unpaired) electrons. The van der Waals surface area contributed by atoms with Gasteiger partial charge in [-0.2, -0.15) is 0 Å². The van der Waals surface area contributed by atoms with Crippen molar-refractivity contribution in [2.45, 2.75) is 12.8 Å². The maximum atomic E-state index is 5.68. The molecule has 2 aliphatic rings. The van der Waals surface area contributed by atoms with Crippen LogP contribution < -0.4 is 0 Å². The minimum absolute atomic E-state index is 0.794. The molecule has 2 fully saturated rings. The van der Waals surface area contributed by atoms with Gasteiger partial charge in [0.25, 0.3) is 0 Å². The van der Waals surface area contributed by atoms with Crippen LogP contribution in [0.15, 0.2) is 0 Å². The molecule has 0 amide bonds. The van der Waals surface area contributed by atoms with E-state index in [1.165, 1.54) is 26.1 Å². The van der Waals surface area contributed by atoms with Crippen molar-refractivity contribution in [3.8, 4) is 0 Å². The van der Waals surface area contributed by atoms with Gasteiger partial charge in [-0.3, -0.25) is 0 Å². The zero-order valence-corrected chi connectivity index (χ0v) is 8.80. The first kappa shape index (κ1) is 9.75. The molecule has 2 atom stereocenters. The molecule has 0 bridgehead atoms. The highest BCUT2D eigenvalue weighted by Crippen LogP contribution is 2.29. The molecular formula is C10H18ClNO. The number of halogens is 1. The van der Waals surface area contributed by atoms with E-state index in [4.69, 9.17) is 16.3 Å². The molecule has 13 heavy (non-hydrogen) atoms. The van der Waals surface area contributed by atoms with Gasteiger partial charge in [-0.15, -0.1) is 11.6 Å². The van der Waals surface area contributed by atoms with E-state index in [2.05, 4.69) is 4.90 Å². The van der Waals surface area contributed by atoms with Gasteiger partial charge in [0.1, 0.15) is 0 Å². The topological polar surface area (TPSA) is 12.5 Å². The summed E-state index contributed by atoms with van der Waals surface area (Å²) in [6.45, 7) is 5.66. The third-order valence-corrected chi connectivity index (χ3v) is 3.49. The third-order valence-electron chi connectivity index (χ3n) is 3.22. The van der Waals surface area contributed by atoms with Crippen molar-refractivity contribution in [3.05, 3.63) is 0 Å². The standard InChI is InChI=1S/C10H18ClNO/c11-3-1-4-12-6-9-2-5-13-8-10(9)7-12/h9-10H,1-8H2/t9-,10+/m0/s1. The van der Waals surface area contributed by atoms with Crippen molar-refractivity contribution in [3.63, 3.8) is 0 Å². The van der Waals surface area contributed by atoms with E-state index in [9.17, 15) is 0 Å². The average Bonchev–Trinajstić information content (AvgIpc) is 2.57. The van der Waals surface area contributed by atoms with Crippen LogP contribution in [0.4, 0.5) is 0 Å². The van der Waals surface area contributed by atoms with Crippen LogP contribution in [0.2, 0.25) is 0 Å². The quantitative estimate of drug-likeness (QED) is 0.646. The second-order valence-corrected chi connectivity index (χ2v) is 4.56. The molecule has 0 aromatic carbocycles. The summed E-state index contributed by atoms with van der Waals surface area (Å²) in [5, 5.41) is 0. The van der Waals surface area contributed by atoms with Gasteiger partial charge in [0.15, 0.2) is 0 Å². The summed E-state index contributed by atoms with van der Waals surface area (Å²) in [5.41, 5.74) is 0. The predicted molar refractivity (Wildman–Crippen MR) is 54.2 cm³/mol. The van der Waals surface area contributed by atoms with Gasteiger partial charge in [0.2, 0.25) is 0 Å². The molecule has 2 heterocycles. The van der Waals surface area contributed by atoms with Gasteiger partial charge >= 0.3 is 0 Å². The first-order valence-electron chi connectivity index (χ1n) is 5.26. The Labute approximate surface area is 85.2 Å². The lowest BCUT2D eigenvalue weighted by atomic mass is 9.92. The summed E-state index contributed by atoms with van der Waals surface area (Å²) < 4.78 is 5.48. The molecule has 0 N–H and O–H groups in total. The fraction of sp³-hybridized carbons (Fsp3) is 1.00. The molecule has 0 aromatic heterocycles. The van der Waals surface area contributed by atoms with Gasteiger partial charge in [0.05, 0.1) is 6.61 Å². The average molecular weight is 204 g/mol. The summed E-state index contributed by atoms with van der Waals surface area (Å²) in [6, 6.07) is 0. The van der Waals surface area contributed by atoms with Crippen LogP contribution in [0.25, 0.3) is 0 Å². The van der Waals surface area contributed by atoms with E-state index in [0.717, 1.165) is 37.4 Å². The highest BCUT2D eigenvalue weighted by Gasteiger charge is 2.34. The Hall–Kier alpha value is 0.210. The van der Waals surface area contributed by atoms with E-state index in [1.54, 1.807) is 0 Å². The lowest BCUT2D eigenvalue weighted by Crippen LogP contribution is -2.25. The summed E-state index contributed by atoms with van der Waals surface area (Å²) in [4.78, 5) is 2.55. The van der Waals surface area contributed by atoms with Crippen LogP contribution in [-0.2, 0) is 4.74 Å². The molecule has 2 rings (SSSR count). The molecule has 76 valence electrons. The van der Waals surface area contributed by atoms with Crippen molar-refractivity contribution in [2.75, 3.05) is 38.7 Å². The van der Waals surface area contributed by atoms with E-state index in [-0.39, 0.29) is 0 Å². The SMILES string of the molecule is ClCCCN1C[C@@H]2CCOC[C@H]2C1. The minimum Gasteiger partial charge on any atom is -0.381 e. The Bertz CT molecular complexity index is 151. The maximum Gasteiger partial charge on any atom is 0.0509 e. The fourth-order valence-corrected chi connectivity index (χ4v) is 2.61. The minimum atomic E-state index is 0.794. The summed E-state index contributed by atoms with van der Waals surface area (Å²) in [7, 11) is 0. The second kappa shape index (κ2) is 4.63. The van der Waals surface area contributed by atoms with Crippen LogP contribution in [0.3, 0.4) is 0 Å².